The number of nitrogens with zero attached hydrogens (tertiary/aromatic N) is 2. The normalized spacial score (nSPS) is 14.1. The highest BCUT2D eigenvalue weighted by molar-refractivity contribution is 5.91. The maximum Gasteiger partial charge on any atom is 0.261 e. The predicted octanol–water partition coefficient (Wildman–Crippen LogP) is 3.50. The van der Waals surface area contributed by atoms with E-state index >= 15 is 0 Å². The molecule has 1 saturated carbocycles. The van der Waals surface area contributed by atoms with E-state index in [2.05, 4.69) is 10.3 Å². The minimum absolute atomic E-state index is 0.127. The lowest BCUT2D eigenvalue weighted by Crippen LogP contribution is -2.28. The fourth-order valence-corrected chi connectivity index (χ4v) is 3.63. The van der Waals surface area contributed by atoms with Gasteiger partial charge in [0, 0.05) is 11.8 Å². The van der Waals surface area contributed by atoms with Crippen molar-refractivity contribution in [1.82, 2.24) is 9.55 Å². The average Bonchev–Trinajstić information content (AvgIpc) is 3.24. The molecule has 1 N–H and O–H groups in total. The maximum atomic E-state index is 13.5. The number of amides is 1. The number of hydrogen-bond acceptors (Lipinski definition) is 5. The number of hydrogen-bond donors (Lipinski definition) is 1. The Hall–Kier alpha value is -3.42. The van der Waals surface area contributed by atoms with E-state index in [0.29, 0.717) is 22.7 Å². The summed E-state index contributed by atoms with van der Waals surface area (Å²) in [6.07, 6.45) is 5.71. The SMILES string of the molecule is COc1ccc(NC(=O)Cn2cnc3ccc(F)cc3c2=O)cc1OC1CCCC1. The second kappa shape index (κ2) is 8.52. The number of nitrogens with one attached hydrogen (secondary N) is 1. The Morgan fingerprint density at radius 2 is 2.00 bits per heavy atom. The third kappa shape index (κ3) is 4.27. The van der Waals surface area contributed by atoms with E-state index in [1.807, 2.05) is 0 Å². The number of ether oxygens (including phenoxy) is 2. The van der Waals surface area contributed by atoms with Gasteiger partial charge in [-0.25, -0.2) is 9.37 Å². The molecular weight excluding hydrogens is 389 g/mol. The van der Waals surface area contributed by atoms with Crippen LogP contribution in [0, 0.1) is 5.82 Å². The van der Waals surface area contributed by atoms with E-state index in [9.17, 15) is 14.0 Å². The number of anilines is 1. The van der Waals surface area contributed by atoms with Gasteiger partial charge in [0.25, 0.3) is 5.56 Å². The first-order valence-electron chi connectivity index (χ1n) is 9.83. The van der Waals surface area contributed by atoms with Crippen molar-refractivity contribution in [3.63, 3.8) is 0 Å². The summed E-state index contributed by atoms with van der Waals surface area (Å²) in [7, 11) is 1.57. The van der Waals surface area contributed by atoms with Crippen LogP contribution in [0.3, 0.4) is 0 Å². The molecule has 1 heterocycles. The molecule has 1 fully saturated rings. The molecular formula is C22H22FN3O4. The molecule has 0 radical (unpaired) electrons. The van der Waals surface area contributed by atoms with Crippen molar-refractivity contribution in [3.05, 3.63) is 58.9 Å². The minimum atomic E-state index is -0.531. The van der Waals surface area contributed by atoms with Crippen LogP contribution < -0.4 is 20.3 Å². The van der Waals surface area contributed by atoms with E-state index in [1.165, 1.54) is 18.5 Å². The second-order valence-corrected chi connectivity index (χ2v) is 7.28. The summed E-state index contributed by atoms with van der Waals surface area (Å²) in [5.41, 5.74) is 0.429. The van der Waals surface area contributed by atoms with Crippen LogP contribution in [0.2, 0.25) is 0 Å². The van der Waals surface area contributed by atoms with E-state index in [4.69, 9.17) is 9.47 Å². The summed E-state index contributed by atoms with van der Waals surface area (Å²) in [5, 5.41) is 2.88. The van der Waals surface area contributed by atoms with Crippen molar-refractivity contribution in [2.75, 3.05) is 12.4 Å². The van der Waals surface area contributed by atoms with Gasteiger partial charge in [0.1, 0.15) is 12.4 Å². The summed E-state index contributed by atoms with van der Waals surface area (Å²) >= 11 is 0. The molecule has 1 aliphatic rings. The van der Waals surface area contributed by atoms with Gasteiger partial charge in [-0.3, -0.25) is 14.2 Å². The molecule has 156 valence electrons. The molecule has 0 aliphatic heterocycles. The molecule has 0 atom stereocenters. The average molecular weight is 411 g/mol. The van der Waals surface area contributed by atoms with Gasteiger partial charge >= 0.3 is 0 Å². The van der Waals surface area contributed by atoms with E-state index in [1.54, 1.807) is 25.3 Å². The topological polar surface area (TPSA) is 82.5 Å². The van der Waals surface area contributed by atoms with Gasteiger partial charge in [-0.2, -0.15) is 0 Å². The van der Waals surface area contributed by atoms with Crippen LogP contribution in [-0.4, -0.2) is 28.7 Å². The molecule has 3 aromatic rings. The van der Waals surface area contributed by atoms with Gasteiger partial charge in [0.2, 0.25) is 5.91 Å². The number of rotatable bonds is 6. The number of methoxy groups -OCH3 is 1. The first-order valence-corrected chi connectivity index (χ1v) is 9.83. The maximum absolute atomic E-state index is 13.5. The highest BCUT2D eigenvalue weighted by atomic mass is 19.1. The van der Waals surface area contributed by atoms with Crippen molar-refractivity contribution < 1.29 is 18.7 Å². The molecule has 30 heavy (non-hydrogen) atoms. The highest BCUT2D eigenvalue weighted by Crippen LogP contribution is 2.33. The van der Waals surface area contributed by atoms with Crippen molar-refractivity contribution >= 4 is 22.5 Å². The lowest BCUT2D eigenvalue weighted by molar-refractivity contribution is -0.116. The van der Waals surface area contributed by atoms with Gasteiger partial charge < -0.3 is 14.8 Å². The number of fused-ring (bicyclic) bond motifs is 1. The Morgan fingerprint density at radius 1 is 1.20 bits per heavy atom. The van der Waals surface area contributed by atoms with Crippen molar-refractivity contribution in [2.24, 2.45) is 0 Å². The molecule has 1 aliphatic carbocycles. The van der Waals surface area contributed by atoms with Gasteiger partial charge in [-0.05, 0) is 56.0 Å². The predicted molar refractivity (Wildman–Crippen MR) is 110 cm³/mol. The van der Waals surface area contributed by atoms with Crippen molar-refractivity contribution in [2.45, 2.75) is 38.3 Å². The summed E-state index contributed by atoms with van der Waals surface area (Å²) < 4.78 is 26.0. The van der Waals surface area contributed by atoms with Gasteiger partial charge in [-0.1, -0.05) is 0 Å². The zero-order chi connectivity index (χ0) is 21.1. The molecule has 0 spiro atoms. The van der Waals surface area contributed by atoms with E-state index in [-0.39, 0.29) is 18.0 Å². The summed E-state index contributed by atoms with van der Waals surface area (Å²) in [6, 6.07) is 8.93. The highest BCUT2D eigenvalue weighted by Gasteiger charge is 2.19. The second-order valence-electron chi connectivity index (χ2n) is 7.28. The third-order valence-corrected chi connectivity index (χ3v) is 5.14. The molecule has 8 heteroatoms. The molecule has 0 saturated heterocycles. The number of aromatic nitrogens is 2. The van der Waals surface area contributed by atoms with Gasteiger partial charge in [0.15, 0.2) is 11.5 Å². The smallest absolute Gasteiger partial charge is 0.261 e. The van der Waals surface area contributed by atoms with Gasteiger partial charge in [0.05, 0.1) is 30.4 Å². The van der Waals surface area contributed by atoms with Gasteiger partial charge in [-0.15, -0.1) is 0 Å². The number of halogens is 1. The lowest BCUT2D eigenvalue weighted by Gasteiger charge is -2.17. The summed E-state index contributed by atoms with van der Waals surface area (Å²) in [5.74, 6) is 0.224. The van der Waals surface area contributed by atoms with Crippen LogP contribution in [0.25, 0.3) is 10.9 Å². The Balaban J connectivity index is 1.50. The third-order valence-electron chi connectivity index (χ3n) is 5.14. The van der Waals surface area contributed by atoms with Crippen molar-refractivity contribution in [1.29, 1.82) is 0 Å². The first kappa shape index (κ1) is 19.9. The lowest BCUT2D eigenvalue weighted by atomic mass is 10.2. The molecule has 1 aromatic heterocycles. The zero-order valence-corrected chi connectivity index (χ0v) is 16.6. The first-order chi connectivity index (χ1) is 14.5. The summed E-state index contributed by atoms with van der Waals surface area (Å²) in [6.45, 7) is -0.247. The molecule has 2 aromatic carbocycles. The Kier molecular flexibility index (Phi) is 5.65. The molecule has 4 rings (SSSR count). The Bertz CT molecular complexity index is 1140. The quantitative estimate of drug-likeness (QED) is 0.671. The van der Waals surface area contributed by atoms with Crippen LogP contribution in [0.5, 0.6) is 11.5 Å². The number of carbonyl (C=O) groups excluding carboxylic acids is 1. The molecule has 7 nitrogen and oxygen atoms in total. The van der Waals surface area contributed by atoms with Crippen LogP contribution in [0.15, 0.2) is 47.5 Å². The largest absolute Gasteiger partial charge is 0.493 e. The standard InChI is InChI=1S/C22H22FN3O4/c1-29-19-9-7-15(11-20(19)30-16-4-2-3-5-16)25-21(27)12-26-13-24-18-8-6-14(23)10-17(18)22(26)28/h6-11,13,16H,2-5,12H2,1H3,(H,25,27). The fourth-order valence-electron chi connectivity index (χ4n) is 3.63. The van der Waals surface area contributed by atoms with Crippen LogP contribution >= 0.6 is 0 Å². The Morgan fingerprint density at radius 3 is 2.77 bits per heavy atom. The molecule has 0 bridgehead atoms. The minimum Gasteiger partial charge on any atom is -0.493 e. The monoisotopic (exact) mass is 411 g/mol. The number of benzene rings is 2. The zero-order valence-electron chi connectivity index (χ0n) is 16.6. The summed E-state index contributed by atoms with van der Waals surface area (Å²) in [4.78, 5) is 29.2. The van der Waals surface area contributed by atoms with Crippen LogP contribution in [-0.2, 0) is 11.3 Å². The number of carbonyl (C=O) groups is 1. The Labute approximate surface area is 172 Å². The van der Waals surface area contributed by atoms with Crippen LogP contribution in [0.4, 0.5) is 10.1 Å². The molecule has 0 unspecified atom stereocenters. The van der Waals surface area contributed by atoms with Crippen molar-refractivity contribution in [3.8, 4) is 11.5 Å². The van der Waals surface area contributed by atoms with Crippen LogP contribution in [0.1, 0.15) is 25.7 Å². The molecule has 1 amide bonds. The van der Waals surface area contributed by atoms with E-state index in [0.717, 1.165) is 36.3 Å². The fraction of sp³-hybridized carbons (Fsp3) is 0.318. The van der Waals surface area contributed by atoms with E-state index < -0.39 is 17.3 Å².